The van der Waals surface area contributed by atoms with Crippen LogP contribution in [0.3, 0.4) is 0 Å². The van der Waals surface area contributed by atoms with Gasteiger partial charge in [0.2, 0.25) is 5.88 Å². The Balaban J connectivity index is 1.38. The van der Waals surface area contributed by atoms with E-state index in [1.807, 2.05) is 13.0 Å². The van der Waals surface area contributed by atoms with Crippen molar-refractivity contribution in [2.24, 2.45) is 0 Å². The van der Waals surface area contributed by atoms with Crippen LogP contribution in [0.5, 0.6) is 0 Å². The van der Waals surface area contributed by atoms with E-state index in [1.54, 1.807) is 0 Å². The molecule has 0 saturated carbocycles. The van der Waals surface area contributed by atoms with Crippen molar-refractivity contribution >= 4 is 5.88 Å². The molecule has 3 aromatic rings. The minimum absolute atomic E-state index is 0.211. The summed E-state index contributed by atoms with van der Waals surface area (Å²) in [4.78, 5) is 2.38. The number of rotatable bonds is 6. The van der Waals surface area contributed by atoms with Crippen molar-refractivity contribution < 1.29 is 9.26 Å². The molecule has 1 aromatic heterocycles. The lowest BCUT2D eigenvalue weighted by atomic mass is 9.89. The second-order valence-corrected chi connectivity index (χ2v) is 9.06. The second-order valence-electron chi connectivity index (χ2n) is 9.06. The SMILES string of the molecule is CCC1C=C(OCc2ccc(-c3ccccc3)cc2)C2=C(CCCC2)N1c1onc(C)c1C. The normalized spacial score (nSPS) is 18.2. The molecule has 0 amide bonds. The van der Waals surface area contributed by atoms with E-state index in [0.717, 1.165) is 42.2 Å². The van der Waals surface area contributed by atoms with Crippen molar-refractivity contribution in [3.05, 3.63) is 94.5 Å². The van der Waals surface area contributed by atoms with E-state index in [0.29, 0.717) is 6.61 Å². The van der Waals surface area contributed by atoms with Gasteiger partial charge < -0.3 is 14.2 Å². The smallest absolute Gasteiger partial charge is 0.235 e. The fourth-order valence-corrected chi connectivity index (χ4v) is 4.89. The Morgan fingerprint density at radius 1 is 0.970 bits per heavy atom. The van der Waals surface area contributed by atoms with Crippen LogP contribution in [-0.2, 0) is 11.3 Å². The van der Waals surface area contributed by atoms with Crippen molar-refractivity contribution in [3.8, 4) is 11.1 Å². The summed E-state index contributed by atoms with van der Waals surface area (Å²) in [6, 6.07) is 19.4. The summed E-state index contributed by atoms with van der Waals surface area (Å²) in [6.07, 6.45) is 7.77. The van der Waals surface area contributed by atoms with E-state index in [4.69, 9.17) is 9.26 Å². The Morgan fingerprint density at radius 3 is 2.39 bits per heavy atom. The van der Waals surface area contributed by atoms with Gasteiger partial charge >= 0.3 is 0 Å². The van der Waals surface area contributed by atoms with Gasteiger partial charge in [0.15, 0.2) is 0 Å². The first kappa shape index (κ1) is 21.6. The standard InChI is InChI=1S/C29H32N2O2/c1-4-25-18-28(32-19-22-14-16-24(17-15-22)23-10-6-5-7-11-23)26-12-8-9-13-27(26)31(25)29-20(2)21(3)30-33-29/h5-7,10-11,14-18,25H,4,8-9,12-13,19H2,1-3H3. The van der Waals surface area contributed by atoms with Crippen LogP contribution in [0.25, 0.3) is 11.1 Å². The predicted octanol–water partition coefficient (Wildman–Crippen LogP) is 7.49. The van der Waals surface area contributed by atoms with Gasteiger partial charge in [0.05, 0.1) is 11.7 Å². The minimum Gasteiger partial charge on any atom is -0.489 e. The lowest BCUT2D eigenvalue weighted by Gasteiger charge is -2.39. The third-order valence-electron chi connectivity index (χ3n) is 6.93. The highest BCUT2D eigenvalue weighted by Gasteiger charge is 2.34. The largest absolute Gasteiger partial charge is 0.489 e. The maximum absolute atomic E-state index is 6.47. The zero-order chi connectivity index (χ0) is 22.8. The van der Waals surface area contributed by atoms with Crippen LogP contribution in [0.1, 0.15) is 55.8 Å². The summed E-state index contributed by atoms with van der Waals surface area (Å²) < 4.78 is 12.3. The molecule has 1 aliphatic carbocycles. The number of benzene rings is 2. The molecule has 2 aliphatic rings. The molecule has 0 N–H and O–H groups in total. The lowest BCUT2D eigenvalue weighted by molar-refractivity contribution is 0.199. The van der Waals surface area contributed by atoms with Crippen molar-refractivity contribution in [1.29, 1.82) is 0 Å². The fraction of sp³-hybridized carbons (Fsp3) is 0.345. The molecule has 5 rings (SSSR count). The molecule has 0 fully saturated rings. The van der Waals surface area contributed by atoms with Gasteiger partial charge in [0.1, 0.15) is 12.4 Å². The third kappa shape index (κ3) is 4.22. The molecule has 170 valence electrons. The fourth-order valence-electron chi connectivity index (χ4n) is 4.89. The van der Waals surface area contributed by atoms with E-state index >= 15 is 0 Å². The van der Waals surface area contributed by atoms with Gasteiger partial charge in [-0.2, -0.15) is 0 Å². The first-order chi connectivity index (χ1) is 16.2. The van der Waals surface area contributed by atoms with Gasteiger partial charge in [-0.05, 0) is 68.7 Å². The van der Waals surface area contributed by atoms with Crippen molar-refractivity contribution in [2.45, 2.75) is 65.5 Å². The van der Waals surface area contributed by atoms with E-state index in [1.165, 1.54) is 40.8 Å². The Hall–Kier alpha value is -3.27. The Labute approximate surface area is 196 Å². The van der Waals surface area contributed by atoms with Crippen LogP contribution in [0, 0.1) is 13.8 Å². The van der Waals surface area contributed by atoms with Crippen LogP contribution >= 0.6 is 0 Å². The highest BCUT2D eigenvalue weighted by molar-refractivity contribution is 5.63. The van der Waals surface area contributed by atoms with Crippen LogP contribution in [0.15, 0.2) is 82.2 Å². The molecule has 1 unspecified atom stereocenters. The van der Waals surface area contributed by atoms with Crippen LogP contribution in [0.2, 0.25) is 0 Å². The molecule has 4 nitrogen and oxygen atoms in total. The lowest BCUT2D eigenvalue weighted by Crippen LogP contribution is -2.38. The Morgan fingerprint density at radius 2 is 1.70 bits per heavy atom. The van der Waals surface area contributed by atoms with Gasteiger partial charge in [-0.25, -0.2) is 0 Å². The predicted molar refractivity (Wildman–Crippen MR) is 133 cm³/mol. The number of anilines is 1. The molecule has 1 aliphatic heterocycles. The summed E-state index contributed by atoms with van der Waals surface area (Å²) in [5, 5.41) is 4.23. The molecular weight excluding hydrogens is 408 g/mol. The van der Waals surface area contributed by atoms with Crippen LogP contribution in [0.4, 0.5) is 5.88 Å². The van der Waals surface area contributed by atoms with Crippen molar-refractivity contribution in [3.63, 3.8) is 0 Å². The molecular formula is C29H32N2O2. The van der Waals surface area contributed by atoms with Gasteiger partial charge in [-0.15, -0.1) is 0 Å². The second kappa shape index (κ2) is 9.30. The van der Waals surface area contributed by atoms with E-state index < -0.39 is 0 Å². The highest BCUT2D eigenvalue weighted by atomic mass is 16.5. The van der Waals surface area contributed by atoms with E-state index in [-0.39, 0.29) is 6.04 Å². The molecule has 4 heteroatoms. The van der Waals surface area contributed by atoms with Crippen molar-refractivity contribution in [2.75, 3.05) is 4.90 Å². The van der Waals surface area contributed by atoms with Crippen LogP contribution in [-0.4, -0.2) is 11.2 Å². The maximum atomic E-state index is 6.47. The monoisotopic (exact) mass is 440 g/mol. The number of aryl methyl sites for hydroxylation is 1. The molecule has 2 heterocycles. The third-order valence-corrected chi connectivity index (χ3v) is 6.93. The number of nitrogens with zero attached hydrogens (tertiary/aromatic N) is 2. The summed E-state index contributed by atoms with van der Waals surface area (Å²) in [5.41, 5.74) is 8.42. The zero-order valence-corrected chi connectivity index (χ0v) is 19.8. The summed E-state index contributed by atoms with van der Waals surface area (Å²) in [6.45, 7) is 6.91. The van der Waals surface area contributed by atoms with E-state index in [2.05, 4.69) is 78.5 Å². The summed E-state index contributed by atoms with van der Waals surface area (Å²) in [5.74, 6) is 1.94. The minimum atomic E-state index is 0.211. The average molecular weight is 441 g/mol. The van der Waals surface area contributed by atoms with Gasteiger partial charge in [-0.3, -0.25) is 0 Å². The number of hydrogen-bond donors (Lipinski definition) is 0. The van der Waals surface area contributed by atoms with Crippen LogP contribution < -0.4 is 4.90 Å². The highest BCUT2D eigenvalue weighted by Crippen LogP contribution is 2.42. The van der Waals surface area contributed by atoms with Crippen molar-refractivity contribution in [1.82, 2.24) is 5.16 Å². The molecule has 0 bridgehead atoms. The number of ether oxygens (including phenoxy) is 1. The van der Waals surface area contributed by atoms with Gasteiger partial charge in [0.25, 0.3) is 0 Å². The number of hydrogen-bond acceptors (Lipinski definition) is 4. The molecule has 33 heavy (non-hydrogen) atoms. The average Bonchev–Trinajstić information content (AvgIpc) is 3.20. The molecule has 0 spiro atoms. The van der Waals surface area contributed by atoms with Gasteiger partial charge in [-0.1, -0.05) is 66.7 Å². The quantitative estimate of drug-likeness (QED) is 0.398. The number of allylic oxidation sites excluding steroid dienone is 2. The molecule has 0 saturated heterocycles. The Bertz CT molecular complexity index is 1170. The molecule has 1 atom stereocenters. The maximum Gasteiger partial charge on any atom is 0.235 e. The Kier molecular flexibility index (Phi) is 6.08. The number of aromatic nitrogens is 1. The van der Waals surface area contributed by atoms with Gasteiger partial charge in [0, 0.05) is 16.8 Å². The summed E-state index contributed by atoms with van der Waals surface area (Å²) >= 11 is 0. The first-order valence-electron chi connectivity index (χ1n) is 12.1. The summed E-state index contributed by atoms with van der Waals surface area (Å²) in [7, 11) is 0. The first-order valence-corrected chi connectivity index (χ1v) is 12.1. The molecule has 0 radical (unpaired) electrons. The topological polar surface area (TPSA) is 38.5 Å². The zero-order valence-electron chi connectivity index (χ0n) is 19.8. The molecule has 2 aromatic carbocycles. The van der Waals surface area contributed by atoms with E-state index in [9.17, 15) is 0 Å².